The fraction of sp³-hybridized carbons (Fsp3) is 0.294. The number of hydrogen-bond acceptors (Lipinski definition) is 5. The third-order valence-corrected chi connectivity index (χ3v) is 5.50. The number of hydrogen-bond donors (Lipinski definition) is 1. The van der Waals surface area contributed by atoms with Crippen LogP contribution in [0.1, 0.15) is 35.1 Å². The van der Waals surface area contributed by atoms with Crippen molar-refractivity contribution in [2.45, 2.75) is 30.0 Å². The van der Waals surface area contributed by atoms with Crippen LogP contribution in [0.3, 0.4) is 0 Å². The van der Waals surface area contributed by atoms with Gasteiger partial charge in [-0.3, -0.25) is 9.59 Å². The molecule has 1 aromatic carbocycles. The molecule has 1 N–H and O–H groups in total. The molecule has 0 aliphatic rings. The lowest BCUT2D eigenvalue weighted by Crippen LogP contribution is -2.27. The molecule has 0 radical (unpaired) electrons. The van der Waals surface area contributed by atoms with Crippen LogP contribution in [0.2, 0.25) is 0 Å². The maximum Gasteiger partial charge on any atom is 0.318 e. The first-order valence-corrected chi connectivity index (χ1v) is 8.96. The maximum absolute atomic E-state index is 12.6. The van der Waals surface area contributed by atoms with E-state index in [2.05, 4.69) is 5.32 Å². The van der Waals surface area contributed by atoms with Gasteiger partial charge in [-0.25, -0.2) is 0 Å². The lowest BCUT2D eigenvalue weighted by atomic mass is 10.2. The van der Waals surface area contributed by atoms with Crippen LogP contribution in [0.15, 0.2) is 46.7 Å². The molecular formula is C17H19NO3S2. The van der Waals surface area contributed by atoms with E-state index in [0.717, 1.165) is 9.77 Å². The molecule has 4 nitrogen and oxygen atoms in total. The van der Waals surface area contributed by atoms with Gasteiger partial charge in [0.05, 0.1) is 18.7 Å². The molecule has 2 rings (SSSR count). The van der Waals surface area contributed by atoms with E-state index in [4.69, 9.17) is 4.74 Å². The van der Waals surface area contributed by atoms with Gasteiger partial charge in [0, 0.05) is 9.77 Å². The quantitative estimate of drug-likeness (QED) is 0.635. The normalized spacial score (nSPS) is 13.2. The van der Waals surface area contributed by atoms with E-state index in [1.54, 1.807) is 24.3 Å². The highest BCUT2D eigenvalue weighted by Crippen LogP contribution is 2.28. The summed E-state index contributed by atoms with van der Waals surface area (Å²) >= 11 is 2.93. The van der Waals surface area contributed by atoms with E-state index >= 15 is 0 Å². The van der Waals surface area contributed by atoms with Crippen LogP contribution in [-0.4, -0.2) is 24.2 Å². The zero-order chi connectivity index (χ0) is 16.8. The summed E-state index contributed by atoms with van der Waals surface area (Å²) in [5, 5.41) is 4.61. The molecular weight excluding hydrogens is 330 g/mol. The average molecular weight is 349 g/mol. The van der Waals surface area contributed by atoms with E-state index < -0.39 is 0 Å². The number of esters is 1. The molecule has 0 unspecified atom stereocenters. The summed E-state index contributed by atoms with van der Waals surface area (Å²) in [5.41, 5.74) is 0.566. The van der Waals surface area contributed by atoms with Gasteiger partial charge in [0.2, 0.25) is 0 Å². The van der Waals surface area contributed by atoms with E-state index in [1.165, 1.54) is 18.9 Å². The number of benzene rings is 1. The van der Waals surface area contributed by atoms with Gasteiger partial charge in [0.15, 0.2) is 0 Å². The van der Waals surface area contributed by atoms with Crippen molar-refractivity contribution in [3.05, 3.63) is 52.2 Å². The minimum Gasteiger partial charge on any atom is -0.468 e. The number of thioether (sulfide) groups is 1. The van der Waals surface area contributed by atoms with Crippen LogP contribution in [0.25, 0.3) is 0 Å². The molecule has 1 aromatic heterocycles. The fourth-order valence-corrected chi connectivity index (χ4v) is 3.80. The fourth-order valence-electron chi connectivity index (χ4n) is 2.04. The second kappa shape index (κ2) is 8.17. The van der Waals surface area contributed by atoms with Gasteiger partial charge >= 0.3 is 5.97 Å². The van der Waals surface area contributed by atoms with Crippen LogP contribution < -0.4 is 5.32 Å². The summed E-state index contributed by atoms with van der Waals surface area (Å²) in [6, 6.07) is 11.2. The van der Waals surface area contributed by atoms with Gasteiger partial charge < -0.3 is 10.1 Å². The van der Waals surface area contributed by atoms with Crippen molar-refractivity contribution in [3.63, 3.8) is 0 Å². The van der Waals surface area contributed by atoms with Crippen molar-refractivity contribution < 1.29 is 14.3 Å². The molecule has 0 spiro atoms. The van der Waals surface area contributed by atoms with E-state index in [-0.39, 0.29) is 23.2 Å². The summed E-state index contributed by atoms with van der Waals surface area (Å²) in [5.74, 6) is -0.455. The highest BCUT2D eigenvalue weighted by molar-refractivity contribution is 8.00. The number of methoxy groups -OCH3 is 1. The summed E-state index contributed by atoms with van der Waals surface area (Å²) in [4.78, 5) is 26.0. The first-order valence-electron chi connectivity index (χ1n) is 7.20. The Kier molecular flexibility index (Phi) is 6.24. The Morgan fingerprint density at radius 1 is 1.17 bits per heavy atom. The van der Waals surface area contributed by atoms with E-state index in [9.17, 15) is 9.59 Å². The predicted molar refractivity (Wildman–Crippen MR) is 94.0 cm³/mol. The monoisotopic (exact) mass is 349 g/mol. The number of rotatable bonds is 6. The molecule has 2 aromatic rings. The third-order valence-electron chi connectivity index (χ3n) is 3.29. The zero-order valence-corrected chi connectivity index (χ0v) is 14.9. The summed E-state index contributed by atoms with van der Waals surface area (Å²) < 4.78 is 4.74. The summed E-state index contributed by atoms with van der Waals surface area (Å²) in [6.45, 7) is 3.72. The Labute approximate surface area is 144 Å². The Balaban J connectivity index is 2.12. The SMILES string of the molecule is COC(=O)[C@@H](C)Sc1ccccc1C(=O)N[C@H](C)c1cccs1. The molecule has 2 atom stereocenters. The van der Waals surface area contributed by atoms with Crippen LogP contribution in [0, 0.1) is 0 Å². The topological polar surface area (TPSA) is 55.4 Å². The van der Waals surface area contributed by atoms with Crippen LogP contribution in [0.4, 0.5) is 0 Å². The molecule has 6 heteroatoms. The summed E-state index contributed by atoms with van der Waals surface area (Å²) in [6.07, 6.45) is 0. The number of ether oxygens (including phenoxy) is 1. The molecule has 0 aliphatic heterocycles. The van der Waals surface area contributed by atoms with Crippen molar-refractivity contribution in [1.29, 1.82) is 0 Å². The standard InChI is InChI=1S/C17H19NO3S2/c1-11(14-9-6-10-22-14)18-16(19)13-7-4-5-8-15(13)23-12(2)17(20)21-3/h4-12H,1-3H3,(H,18,19)/t11-,12-/m1/s1. The average Bonchev–Trinajstić information content (AvgIpc) is 3.09. The van der Waals surface area contributed by atoms with Gasteiger partial charge in [-0.2, -0.15) is 0 Å². The molecule has 23 heavy (non-hydrogen) atoms. The first-order chi connectivity index (χ1) is 11.0. The third kappa shape index (κ3) is 4.59. The Hall–Kier alpha value is -1.79. The molecule has 1 amide bonds. The van der Waals surface area contributed by atoms with Crippen molar-refractivity contribution in [2.75, 3.05) is 7.11 Å². The largest absolute Gasteiger partial charge is 0.468 e. The molecule has 0 bridgehead atoms. The minimum absolute atomic E-state index is 0.0569. The Morgan fingerprint density at radius 3 is 2.57 bits per heavy atom. The second-order valence-corrected chi connectivity index (χ2v) is 7.35. The second-order valence-electron chi connectivity index (χ2n) is 4.99. The number of nitrogens with one attached hydrogen (secondary N) is 1. The number of amides is 1. The maximum atomic E-state index is 12.6. The van der Waals surface area contributed by atoms with Gasteiger partial charge in [-0.15, -0.1) is 23.1 Å². The molecule has 122 valence electrons. The minimum atomic E-state index is -0.372. The van der Waals surface area contributed by atoms with Crippen LogP contribution in [0.5, 0.6) is 0 Å². The van der Waals surface area contributed by atoms with Crippen molar-refractivity contribution >= 4 is 35.0 Å². The number of carbonyl (C=O) groups excluding carboxylic acids is 2. The number of thiophene rings is 1. The van der Waals surface area contributed by atoms with Gasteiger partial charge in [-0.1, -0.05) is 18.2 Å². The van der Waals surface area contributed by atoms with Crippen LogP contribution >= 0.6 is 23.1 Å². The molecule has 0 fully saturated rings. The van der Waals surface area contributed by atoms with Crippen molar-refractivity contribution in [1.82, 2.24) is 5.32 Å². The summed E-state index contributed by atoms with van der Waals surface area (Å²) in [7, 11) is 1.36. The molecule has 0 saturated heterocycles. The molecule has 0 aliphatic carbocycles. The van der Waals surface area contributed by atoms with Gasteiger partial charge in [-0.05, 0) is 37.4 Å². The van der Waals surface area contributed by atoms with Crippen molar-refractivity contribution in [3.8, 4) is 0 Å². The predicted octanol–water partition coefficient (Wildman–Crippen LogP) is 3.89. The lowest BCUT2D eigenvalue weighted by Gasteiger charge is -2.15. The first kappa shape index (κ1) is 17.6. The highest BCUT2D eigenvalue weighted by Gasteiger charge is 2.20. The Bertz CT molecular complexity index is 670. The van der Waals surface area contributed by atoms with Gasteiger partial charge in [0.1, 0.15) is 5.25 Å². The van der Waals surface area contributed by atoms with E-state index in [1.807, 2.05) is 42.6 Å². The molecule has 0 saturated carbocycles. The van der Waals surface area contributed by atoms with E-state index in [0.29, 0.717) is 5.56 Å². The van der Waals surface area contributed by atoms with Gasteiger partial charge in [0.25, 0.3) is 5.91 Å². The number of carbonyl (C=O) groups is 2. The Morgan fingerprint density at radius 2 is 1.91 bits per heavy atom. The molecule has 1 heterocycles. The van der Waals surface area contributed by atoms with Crippen LogP contribution in [-0.2, 0) is 9.53 Å². The van der Waals surface area contributed by atoms with Crippen molar-refractivity contribution in [2.24, 2.45) is 0 Å². The zero-order valence-electron chi connectivity index (χ0n) is 13.2. The highest BCUT2D eigenvalue weighted by atomic mass is 32.2. The lowest BCUT2D eigenvalue weighted by molar-refractivity contribution is -0.139. The smallest absolute Gasteiger partial charge is 0.318 e.